The van der Waals surface area contributed by atoms with Crippen molar-refractivity contribution in [2.45, 2.75) is 20.4 Å². The third-order valence-electron chi connectivity index (χ3n) is 6.09. The lowest BCUT2D eigenvalue weighted by Crippen LogP contribution is -2.47. The highest BCUT2D eigenvalue weighted by atomic mass is 16.6. The summed E-state index contributed by atoms with van der Waals surface area (Å²) in [6, 6.07) is 16.2. The molecular formula is C24H28N6O2. The van der Waals surface area contributed by atoms with Crippen LogP contribution in [0.3, 0.4) is 0 Å². The molecule has 1 saturated heterocycles. The van der Waals surface area contributed by atoms with E-state index in [9.17, 15) is 10.1 Å². The summed E-state index contributed by atoms with van der Waals surface area (Å²) in [4.78, 5) is 26.5. The Hall–Kier alpha value is -3.68. The fraction of sp³-hybridized carbons (Fsp3) is 0.333. The van der Waals surface area contributed by atoms with Crippen LogP contribution in [0.1, 0.15) is 16.7 Å². The Morgan fingerprint density at radius 1 is 0.969 bits per heavy atom. The molecule has 0 atom stereocenters. The van der Waals surface area contributed by atoms with E-state index in [0.29, 0.717) is 31.3 Å². The fourth-order valence-electron chi connectivity index (χ4n) is 4.20. The third kappa shape index (κ3) is 4.34. The lowest BCUT2D eigenvalue weighted by atomic mass is 10.1. The van der Waals surface area contributed by atoms with Crippen molar-refractivity contribution >= 4 is 23.0 Å². The predicted molar refractivity (Wildman–Crippen MR) is 128 cm³/mol. The van der Waals surface area contributed by atoms with E-state index in [1.807, 2.05) is 47.2 Å². The minimum Gasteiger partial charge on any atom is -0.368 e. The molecular weight excluding hydrogens is 404 g/mol. The van der Waals surface area contributed by atoms with Gasteiger partial charge in [-0.25, -0.2) is 9.97 Å². The van der Waals surface area contributed by atoms with Crippen LogP contribution >= 0.6 is 0 Å². The lowest BCUT2D eigenvalue weighted by Gasteiger charge is -2.37. The Balaban J connectivity index is 1.56. The first-order valence-corrected chi connectivity index (χ1v) is 10.8. The van der Waals surface area contributed by atoms with E-state index in [1.165, 1.54) is 23.1 Å². The van der Waals surface area contributed by atoms with Gasteiger partial charge in [-0.15, -0.1) is 0 Å². The average Bonchev–Trinajstić information content (AvgIpc) is 2.81. The van der Waals surface area contributed by atoms with Crippen molar-refractivity contribution in [1.29, 1.82) is 0 Å². The van der Waals surface area contributed by atoms with Gasteiger partial charge in [-0.3, -0.25) is 10.1 Å². The summed E-state index contributed by atoms with van der Waals surface area (Å²) in [6.07, 6.45) is 1.43. The first-order valence-electron chi connectivity index (χ1n) is 10.8. The molecule has 0 bridgehead atoms. The summed E-state index contributed by atoms with van der Waals surface area (Å²) >= 11 is 0. The van der Waals surface area contributed by atoms with E-state index >= 15 is 0 Å². The summed E-state index contributed by atoms with van der Waals surface area (Å²) < 4.78 is 0. The van der Waals surface area contributed by atoms with Crippen LogP contribution in [0.5, 0.6) is 0 Å². The SMILES string of the molecule is Cc1cccc(N2CCN(c3ncnc(N(C)Cc4ccccc4)c3[N+](=O)[O-])CC2)c1C. The highest BCUT2D eigenvalue weighted by molar-refractivity contribution is 5.71. The molecule has 3 aromatic rings. The van der Waals surface area contributed by atoms with Crippen LogP contribution in [0, 0.1) is 24.0 Å². The van der Waals surface area contributed by atoms with E-state index in [4.69, 9.17) is 0 Å². The number of piperazine rings is 1. The monoisotopic (exact) mass is 432 g/mol. The van der Waals surface area contributed by atoms with Gasteiger partial charge in [-0.1, -0.05) is 42.5 Å². The number of hydrogen-bond acceptors (Lipinski definition) is 7. The van der Waals surface area contributed by atoms with Gasteiger partial charge in [0.15, 0.2) is 0 Å². The van der Waals surface area contributed by atoms with Gasteiger partial charge >= 0.3 is 5.69 Å². The number of anilines is 3. The largest absolute Gasteiger partial charge is 0.368 e. The second-order valence-electron chi connectivity index (χ2n) is 8.16. The second kappa shape index (κ2) is 9.21. The van der Waals surface area contributed by atoms with Gasteiger partial charge in [-0.05, 0) is 36.6 Å². The average molecular weight is 433 g/mol. The maximum Gasteiger partial charge on any atom is 0.353 e. The molecule has 0 amide bonds. The molecule has 2 aromatic carbocycles. The molecule has 0 aliphatic carbocycles. The van der Waals surface area contributed by atoms with Crippen LogP contribution in [0.2, 0.25) is 0 Å². The summed E-state index contributed by atoms with van der Waals surface area (Å²) in [7, 11) is 1.82. The van der Waals surface area contributed by atoms with Crippen LogP contribution < -0.4 is 14.7 Å². The topological polar surface area (TPSA) is 78.6 Å². The normalized spacial score (nSPS) is 13.8. The van der Waals surface area contributed by atoms with Crippen molar-refractivity contribution in [2.24, 2.45) is 0 Å². The molecule has 166 valence electrons. The van der Waals surface area contributed by atoms with Crippen LogP contribution in [0.4, 0.5) is 23.0 Å². The van der Waals surface area contributed by atoms with Crippen molar-refractivity contribution in [2.75, 3.05) is 47.9 Å². The second-order valence-corrected chi connectivity index (χ2v) is 8.16. The van der Waals surface area contributed by atoms with E-state index < -0.39 is 0 Å². The smallest absolute Gasteiger partial charge is 0.353 e. The summed E-state index contributed by atoms with van der Waals surface area (Å²) in [5, 5.41) is 12.1. The van der Waals surface area contributed by atoms with Crippen molar-refractivity contribution in [3.05, 3.63) is 81.7 Å². The highest BCUT2D eigenvalue weighted by Gasteiger charge is 2.31. The van der Waals surface area contributed by atoms with Gasteiger partial charge in [0.1, 0.15) is 6.33 Å². The number of hydrogen-bond donors (Lipinski definition) is 0. The Bertz CT molecular complexity index is 1100. The maximum atomic E-state index is 12.1. The Morgan fingerprint density at radius 3 is 2.34 bits per heavy atom. The number of rotatable bonds is 6. The molecule has 0 saturated carbocycles. The Kier molecular flexibility index (Phi) is 6.20. The van der Waals surface area contributed by atoms with Crippen molar-refractivity contribution in [3.8, 4) is 0 Å². The number of aromatic nitrogens is 2. The zero-order chi connectivity index (χ0) is 22.7. The van der Waals surface area contributed by atoms with Crippen molar-refractivity contribution in [3.63, 3.8) is 0 Å². The first-order chi connectivity index (χ1) is 15.5. The molecule has 0 radical (unpaired) electrons. The van der Waals surface area contributed by atoms with Gasteiger partial charge in [-0.2, -0.15) is 0 Å². The maximum absolute atomic E-state index is 12.1. The highest BCUT2D eigenvalue weighted by Crippen LogP contribution is 2.35. The molecule has 32 heavy (non-hydrogen) atoms. The minimum absolute atomic E-state index is 0.0360. The number of nitrogens with zero attached hydrogens (tertiary/aromatic N) is 6. The Labute approximate surface area is 188 Å². The van der Waals surface area contributed by atoms with Crippen molar-refractivity contribution < 1.29 is 4.92 Å². The summed E-state index contributed by atoms with van der Waals surface area (Å²) in [5.74, 6) is 0.723. The van der Waals surface area contributed by atoms with Gasteiger partial charge < -0.3 is 14.7 Å². The number of benzene rings is 2. The molecule has 1 aromatic heterocycles. The number of nitro groups is 1. The van der Waals surface area contributed by atoms with E-state index in [-0.39, 0.29) is 10.6 Å². The third-order valence-corrected chi connectivity index (χ3v) is 6.09. The number of aryl methyl sites for hydroxylation is 1. The zero-order valence-electron chi connectivity index (χ0n) is 18.7. The quantitative estimate of drug-likeness (QED) is 0.431. The van der Waals surface area contributed by atoms with Crippen LogP contribution in [0.25, 0.3) is 0 Å². The fourth-order valence-corrected chi connectivity index (χ4v) is 4.20. The van der Waals surface area contributed by atoms with Gasteiger partial charge in [0.25, 0.3) is 0 Å². The molecule has 4 rings (SSSR count). The van der Waals surface area contributed by atoms with E-state index in [1.54, 1.807) is 0 Å². The molecule has 8 nitrogen and oxygen atoms in total. The first kappa shape index (κ1) is 21.5. The Morgan fingerprint density at radius 2 is 1.66 bits per heavy atom. The summed E-state index contributed by atoms with van der Waals surface area (Å²) in [5.41, 5.74) is 4.80. The standard InChI is InChI=1S/C24H28N6O2/c1-18-8-7-11-21(19(18)2)28-12-14-29(15-13-28)24-22(30(31)32)23(25-17-26-24)27(3)16-20-9-5-4-6-10-20/h4-11,17H,12-16H2,1-3H3. The van der Waals surface area contributed by atoms with E-state index in [0.717, 1.165) is 18.7 Å². The van der Waals surface area contributed by atoms with Gasteiger partial charge in [0.2, 0.25) is 11.6 Å². The summed E-state index contributed by atoms with van der Waals surface area (Å²) in [6.45, 7) is 7.66. The molecule has 1 aliphatic heterocycles. The molecule has 1 aliphatic rings. The molecule has 0 unspecified atom stereocenters. The lowest BCUT2D eigenvalue weighted by molar-refractivity contribution is -0.383. The zero-order valence-corrected chi connectivity index (χ0v) is 18.7. The molecule has 2 heterocycles. The minimum atomic E-state index is -0.358. The molecule has 8 heteroatoms. The molecule has 1 fully saturated rings. The van der Waals surface area contributed by atoms with Gasteiger partial charge in [0, 0.05) is 45.5 Å². The van der Waals surface area contributed by atoms with Gasteiger partial charge in [0.05, 0.1) is 4.92 Å². The van der Waals surface area contributed by atoms with Crippen molar-refractivity contribution in [1.82, 2.24) is 9.97 Å². The van der Waals surface area contributed by atoms with Crippen LogP contribution in [-0.2, 0) is 6.54 Å². The van der Waals surface area contributed by atoms with Crippen LogP contribution in [0.15, 0.2) is 54.9 Å². The molecule has 0 spiro atoms. The predicted octanol–water partition coefficient (Wildman–Crippen LogP) is 3.96. The molecule has 0 N–H and O–H groups in total. The van der Waals surface area contributed by atoms with Crippen LogP contribution in [-0.4, -0.2) is 48.1 Å². The van der Waals surface area contributed by atoms with E-state index in [2.05, 4.69) is 46.9 Å².